The standard InChI is InChI=1S/C15H15BrO/c1-12-2-4-13(5-3-12)14-6-8-15(9-7-14)17-11-10-16/h2-9H,10-11H2,1H3. The van der Waals surface area contributed by atoms with Gasteiger partial charge in [0, 0.05) is 5.33 Å². The summed E-state index contributed by atoms with van der Waals surface area (Å²) in [6.07, 6.45) is 0. The van der Waals surface area contributed by atoms with E-state index in [2.05, 4.69) is 59.3 Å². The van der Waals surface area contributed by atoms with E-state index in [1.807, 2.05) is 12.1 Å². The number of aryl methyl sites for hydroxylation is 1. The molecule has 2 rings (SSSR count). The van der Waals surface area contributed by atoms with Crippen molar-refractivity contribution in [2.75, 3.05) is 11.9 Å². The van der Waals surface area contributed by atoms with Crippen LogP contribution in [0.3, 0.4) is 0 Å². The Kier molecular flexibility index (Phi) is 4.21. The van der Waals surface area contributed by atoms with Crippen LogP contribution in [0.1, 0.15) is 5.56 Å². The molecule has 0 heterocycles. The van der Waals surface area contributed by atoms with E-state index in [4.69, 9.17) is 4.74 Å². The number of rotatable bonds is 4. The summed E-state index contributed by atoms with van der Waals surface area (Å²) in [5.41, 5.74) is 3.74. The van der Waals surface area contributed by atoms with Crippen molar-refractivity contribution >= 4 is 15.9 Å². The van der Waals surface area contributed by atoms with Gasteiger partial charge in [0.1, 0.15) is 5.75 Å². The van der Waals surface area contributed by atoms with Gasteiger partial charge in [-0.15, -0.1) is 0 Å². The zero-order valence-electron chi connectivity index (χ0n) is 9.82. The van der Waals surface area contributed by atoms with Crippen LogP contribution >= 0.6 is 15.9 Å². The lowest BCUT2D eigenvalue weighted by atomic mass is 10.0. The van der Waals surface area contributed by atoms with Crippen LogP contribution in [0.4, 0.5) is 0 Å². The third-order valence-electron chi connectivity index (χ3n) is 2.59. The van der Waals surface area contributed by atoms with Crippen molar-refractivity contribution in [3.05, 3.63) is 54.1 Å². The SMILES string of the molecule is Cc1ccc(-c2ccc(OCCBr)cc2)cc1. The van der Waals surface area contributed by atoms with Crippen molar-refractivity contribution in [1.82, 2.24) is 0 Å². The second-order valence-electron chi connectivity index (χ2n) is 3.93. The van der Waals surface area contributed by atoms with Crippen molar-refractivity contribution in [1.29, 1.82) is 0 Å². The van der Waals surface area contributed by atoms with Crippen LogP contribution in [0.15, 0.2) is 48.5 Å². The van der Waals surface area contributed by atoms with E-state index in [1.54, 1.807) is 0 Å². The molecule has 0 saturated carbocycles. The summed E-state index contributed by atoms with van der Waals surface area (Å²) < 4.78 is 5.52. The van der Waals surface area contributed by atoms with E-state index < -0.39 is 0 Å². The van der Waals surface area contributed by atoms with E-state index in [9.17, 15) is 0 Å². The molecule has 0 spiro atoms. The molecule has 2 aromatic rings. The third-order valence-corrected chi connectivity index (χ3v) is 2.91. The fraction of sp³-hybridized carbons (Fsp3) is 0.200. The second kappa shape index (κ2) is 5.87. The largest absolute Gasteiger partial charge is 0.493 e. The molecule has 0 aliphatic rings. The van der Waals surface area contributed by atoms with Gasteiger partial charge >= 0.3 is 0 Å². The van der Waals surface area contributed by atoms with Crippen LogP contribution in [-0.2, 0) is 0 Å². The fourth-order valence-electron chi connectivity index (χ4n) is 1.65. The normalized spacial score (nSPS) is 10.2. The maximum atomic E-state index is 5.52. The first-order valence-corrected chi connectivity index (χ1v) is 6.77. The fourth-order valence-corrected chi connectivity index (χ4v) is 1.81. The number of alkyl halides is 1. The minimum atomic E-state index is 0.698. The summed E-state index contributed by atoms with van der Waals surface area (Å²) in [6.45, 7) is 2.80. The highest BCUT2D eigenvalue weighted by Gasteiger charge is 1.98. The topological polar surface area (TPSA) is 9.23 Å². The maximum Gasteiger partial charge on any atom is 0.119 e. The molecule has 0 radical (unpaired) electrons. The van der Waals surface area contributed by atoms with Gasteiger partial charge in [-0.05, 0) is 30.2 Å². The summed E-state index contributed by atoms with van der Waals surface area (Å²) in [5, 5.41) is 0.854. The third kappa shape index (κ3) is 3.34. The van der Waals surface area contributed by atoms with Gasteiger partial charge in [-0.2, -0.15) is 0 Å². The van der Waals surface area contributed by atoms with E-state index in [0.29, 0.717) is 6.61 Å². The van der Waals surface area contributed by atoms with E-state index >= 15 is 0 Å². The minimum Gasteiger partial charge on any atom is -0.493 e. The zero-order valence-corrected chi connectivity index (χ0v) is 11.4. The summed E-state index contributed by atoms with van der Waals surface area (Å²) in [6, 6.07) is 16.8. The van der Waals surface area contributed by atoms with Crippen LogP contribution in [0.5, 0.6) is 5.75 Å². The average Bonchev–Trinajstić information content (AvgIpc) is 2.38. The Bertz CT molecular complexity index is 459. The Morgan fingerprint density at radius 1 is 0.882 bits per heavy atom. The molecule has 0 saturated heterocycles. The monoisotopic (exact) mass is 290 g/mol. The summed E-state index contributed by atoms with van der Waals surface area (Å²) in [7, 11) is 0. The van der Waals surface area contributed by atoms with Gasteiger partial charge in [0.25, 0.3) is 0 Å². The summed E-state index contributed by atoms with van der Waals surface area (Å²) in [4.78, 5) is 0. The number of halogens is 1. The molecular formula is C15H15BrO. The summed E-state index contributed by atoms with van der Waals surface area (Å²) >= 11 is 3.34. The molecule has 2 aromatic carbocycles. The zero-order chi connectivity index (χ0) is 12.1. The number of benzene rings is 2. The van der Waals surface area contributed by atoms with Crippen LogP contribution in [0, 0.1) is 6.92 Å². The highest BCUT2D eigenvalue weighted by atomic mass is 79.9. The van der Waals surface area contributed by atoms with E-state index in [1.165, 1.54) is 16.7 Å². The van der Waals surface area contributed by atoms with Crippen LogP contribution < -0.4 is 4.74 Å². The molecule has 88 valence electrons. The molecular weight excluding hydrogens is 276 g/mol. The first kappa shape index (κ1) is 12.2. The highest BCUT2D eigenvalue weighted by Crippen LogP contribution is 2.22. The predicted octanol–water partition coefficient (Wildman–Crippen LogP) is 4.44. The number of hydrogen-bond acceptors (Lipinski definition) is 1. The van der Waals surface area contributed by atoms with Crippen molar-refractivity contribution in [2.24, 2.45) is 0 Å². The second-order valence-corrected chi connectivity index (χ2v) is 4.72. The molecule has 0 amide bonds. The minimum absolute atomic E-state index is 0.698. The van der Waals surface area contributed by atoms with Gasteiger partial charge < -0.3 is 4.74 Å². The van der Waals surface area contributed by atoms with E-state index in [-0.39, 0.29) is 0 Å². The maximum absolute atomic E-state index is 5.52. The Morgan fingerprint density at radius 3 is 1.94 bits per heavy atom. The average molecular weight is 291 g/mol. The first-order valence-electron chi connectivity index (χ1n) is 5.65. The lowest BCUT2D eigenvalue weighted by Crippen LogP contribution is -1.97. The van der Waals surface area contributed by atoms with Crippen molar-refractivity contribution < 1.29 is 4.74 Å². The smallest absolute Gasteiger partial charge is 0.119 e. The summed E-state index contributed by atoms with van der Waals surface area (Å²) in [5.74, 6) is 0.917. The highest BCUT2D eigenvalue weighted by molar-refractivity contribution is 9.09. The molecule has 2 heteroatoms. The van der Waals surface area contributed by atoms with Gasteiger partial charge in [0.15, 0.2) is 0 Å². The molecule has 17 heavy (non-hydrogen) atoms. The first-order chi connectivity index (χ1) is 8.29. The van der Waals surface area contributed by atoms with Crippen molar-refractivity contribution in [3.8, 4) is 16.9 Å². The molecule has 0 unspecified atom stereocenters. The molecule has 0 aliphatic carbocycles. The van der Waals surface area contributed by atoms with Gasteiger partial charge in [-0.1, -0.05) is 57.9 Å². The number of ether oxygens (including phenoxy) is 1. The van der Waals surface area contributed by atoms with Gasteiger partial charge in [-0.25, -0.2) is 0 Å². The molecule has 0 bridgehead atoms. The lowest BCUT2D eigenvalue weighted by molar-refractivity contribution is 0.345. The van der Waals surface area contributed by atoms with E-state index in [0.717, 1.165) is 11.1 Å². The molecule has 0 aromatic heterocycles. The molecule has 1 nitrogen and oxygen atoms in total. The number of hydrogen-bond donors (Lipinski definition) is 0. The van der Waals surface area contributed by atoms with Crippen LogP contribution in [0.2, 0.25) is 0 Å². The van der Waals surface area contributed by atoms with Gasteiger partial charge in [0.05, 0.1) is 6.61 Å². The lowest BCUT2D eigenvalue weighted by Gasteiger charge is -2.06. The Balaban J connectivity index is 2.14. The van der Waals surface area contributed by atoms with Crippen molar-refractivity contribution in [2.45, 2.75) is 6.92 Å². The van der Waals surface area contributed by atoms with Gasteiger partial charge in [-0.3, -0.25) is 0 Å². The Labute approximate surface area is 111 Å². The molecule has 0 aliphatic heterocycles. The quantitative estimate of drug-likeness (QED) is 0.757. The van der Waals surface area contributed by atoms with Crippen LogP contribution in [-0.4, -0.2) is 11.9 Å². The van der Waals surface area contributed by atoms with Crippen molar-refractivity contribution in [3.63, 3.8) is 0 Å². The predicted molar refractivity (Wildman–Crippen MR) is 75.9 cm³/mol. The van der Waals surface area contributed by atoms with Crippen LogP contribution in [0.25, 0.3) is 11.1 Å². The Morgan fingerprint density at radius 2 is 1.41 bits per heavy atom. The van der Waals surface area contributed by atoms with Gasteiger partial charge in [0.2, 0.25) is 0 Å². The molecule has 0 fully saturated rings. The molecule has 0 atom stereocenters. The Hall–Kier alpha value is -1.28. The molecule has 0 N–H and O–H groups in total.